The number of hydrogen-bond donors (Lipinski definition) is 2. The van der Waals surface area contributed by atoms with Gasteiger partial charge in [-0.1, -0.05) is 18.2 Å². The average molecular weight is 464 g/mol. The minimum Gasteiger partial charge on any atom is -0.347 e. The van der Waals surface area contributed by atoms with E-state index in [1.165, 1.54) is 22.3 Å². The first kappa shape index (κ1) is 22.3. The molecular weight excluding hydrogens is 442 g/mol. The minimum absolute atomic E-state index is 0.0954. The summed E-state index contributed by atoms with van der Waals surface area (Å²) >= 11 is 0. The number of alkyl halides is 2. The van der Waals surface area contributed by atoms with Gasteiger partial charge in [-0.05, 0) is 37.6 Å². The smallest absolute Gasteiger partial charge is 0.345 e. The van der Waals surface area contributed by atoms with Crippen molar-refractivity contribution in [2.45, 2.75) is 43.0 Å². The number of pyridine rings is 1. The molecule has 1 aromatic carbocycles. The number of fused-ring (bicyclic) bond motifs is 1. The number of benzene rings is 1. The maximum atomic E-state index is 13.5. The number of hydrogen-bond acceptors (Lipinski definition) is 6. The highest BCUT2D eigenvalue weighted by Gasteiger charge is 2.33. The first-order chi connectivity index (χ1) is 15.3. The normalized spacial score (nSPS) is 20.0. The Hall–Kier alpha value is -2.89. The lowest BCUT2D eigenvalue weighted by Crippen LogP contribution is -2.42. The fraction of sp³-hybridized carbons (Fsp3) is 0.333. The predicted octanol–water partition coefficient (Wildman–Crippen LogP) is 2.42. The molecule has 0 radical (unpaired) electrons. The van der Waals surface area contributed by atoms with Gasteiger partial charge in [0.2, 0.25) is 5.91 Å². The number of nitrogens with one attached hydrogen (secondary N) is 2. The van der Waals surface area contributed by atoms with Crippen LogP contribution in [0, 0.1) is 0 Å². The molecule has 1 aliphatic rings. The lowest BCUT2D eigenvalue weighted by Gasteiger charge is -2.20. The summed E-state index contributed by atoms with van der Waals surface area (Å²) in [5, 5.41) is 6.25. The van der Waals surface area contributed by atoms with E-state index >= 15 is 0 Å². The van der Waals surface area contributed by atoms with Gasteiger partial charge in [-0.3, -0.25) is 9.78 Å². The average Bonchev–Trinajstić information content (AvgIpc) is 3.39. The lowest BCUT2D eigenvalue weighted by molar-refractivity contribution is -0.157. The highest BCUT2D eigenvalue weighted by Crippen LogP contribution is 2.29. The van der Waals surface area contributed by atoms with Crippen LogP contribution < -0.4 is 10.6 Å². The molecule has 1 saturated heterocycles. The van der Waals surface area contributed by atoms with Crippen LogP contribution in [0.2, 0.25) is 0 Å². The zero-order chi connectivity index (χ0) is 22.9. The van der Waals surface area contributed by atoms with Gasteiger partial charge in [-0.15, -0.1) is 0 Å². The third-order valence-corrected chi connectivity index (χ3v) is 7.13. The number of rotatable bonds is 7. The van der Waals surface area contributed by atoms with E-state index in [0.29, 0.717) is 16.6 Å². The number of carbonyl (C=O) groups excluding carboxylic acids is 1. The molecule has 0 saturated carbocycles. The summed E-state index contributed by atoms with van der Waals surface area (Å²) in [5.74, 6) is -0.426. The molecule has 1 unspecified atom stereocenters. The quantitative estimate of drug-likeness (QED) is 0.557. The molecule has 0 spiro atoms. The van der Waals surface area contributed by atoms with Gasteiger partial charge < -0.3 is 15.4 Å². The van der Waals surface area contributed by atoms with Crippen LogP contribution in [-0.2, 0) is 19.6 Å². The number of ether oxygens (including phenoxy) is 1. The molecule has 11 heteroatoms. The van der Waals surface area contributed by atoms with Crippen LogP contribution in [0.1, 0.15) is 25.1 Å². The van der Waals surface area contributed by atoms with Gasteiger partial charge >= 0.3 is 6.61 Å². The van der Waals surface area contributed by atoms with Gasteiger partial charge in [0.05, 0.1) is 34.3 Å². The van der Waals surface area contributed by atoms with Crippen molar-refractivity contribution in [2.24, 2.45) is 0 Å². The van der Waals surface area contributed by atoms with Crippen molar-refractivity contribution in [1.82, 2.24) is 19.6 Å². The van der Waals surface area contributed by atoms with Crippen molar-refractivity contribution in [3.05, 3.63) is 60.6 Å². The van der Waals surface area contributed by atoms with Crippen LogP contribution in [0.25, 0.3) is 10.9 Å². The highest BCUT2D eigenvalue weighted by atomic mass is 32.2. The SMILES string of the molecule is CC(NC(=O)[C@@H]1C[C@@H](OC(F)F)CN1)c1cc2cnccc2n1S(=O)(=O)c1ccccc1. The van der Waals surface area contributed by atoms with Crippen LogP contribution in [0.5, 0.6) is 0 Å². The maximum Gasteiger partial charge on any atom is 0.345 e. The molecular formula is C21H22F2N4O4S. The topological polar surface area (TPSA) is 102 Å². The van der Waals surface area contributed by atoms with Crippen LogP contribution in [0.3, 0.4) is 0 Å². The summed E-state index contributed by atoms with van der Waals surface area (Å²) in [6.45, 7) is -1.11. The van der Waals surface area contributed by atoms with E-state index in [1.807, 2.05) is 0 Å². The van der Waals surface area contributed by atoms with Crippen molar-refractivity contribution < 1.29 is 26.7 Å². The molecule has 0 aliphatic carbocycles. The summed E-state index contributed by atoms with van der Waals surface area (Å²) in [7, 11) is -3.96. The van der Waals surface area contributed by atoms with E-state index in [9.17, 15) is 22.0 Å². The van der Waals surface area contributed by atoms with Crippen molar-refractivity contribution in [3.63, 3.8) is 0 Å². The van der Waals surface area contributed by atoms with Gasteiger partial charge in [0.25, 0.3) is 10.0 Å². The Balaban J connectivity index is 1.63. The first-order valence-corrected chi connectivity index (χ1v) is 11.4. The van der Waals surface area contributed by atoms with Gasteiger partial charge in [-0.25, -0.2) is 12.4 Å². The maximum absolute atomic E-state index is 13.5. The Morgan fingerprint density at radius 2 is 2.03 bits per heavy atom. The molecule has 3 heterocycles. The summed E-state index contributed by atoms with van der Waals surface area (Å²) in [4.78, 5) is 16.9. The molecule has 2 aromatic heterocycles. The third-order valence-electron chi connectivity index (χ3n) is 5.37. The molecule has 0 bridgehead atoms. The van der Waals surface area contributed by atoms with Crippen molar-refractivity contribution in [3.8, 4) is 0 Å². The number of aromatic nitrogens is 2. The van der Waals surface area contributed by atoms with Gasteiger partial charge in [0.1, 0.15) is 0 Å². The highest BCUT2D eigenvalue weighted by molar-refractivity contribution is 7.90. The van der Waals surface area contributed by atoms with Crippen LogP contribution in [0.15, 0.2) is 59.8 Å². The molecule has 2 N–H and O–H groups in total. The molecule has 1 aliphatic heterocycles. The fourth-order valence-electron chi connectivity index (χ4n) is 3.86. The van der Waals surface area contributed by atoms with Crippen molar-refractivity contribution in [1.29, 1.82) is 0 Å². The van der Waals surface area contributed by atoms with E-state index in [4.69, 9.17) is 0 Å². The second-order valence-corrected chi connectivity index (χ2v) is 9.32. The number of carbonyl (C=O) groups is 1. The van der Waals surface area contributed by atoms with Gasteiger partial charge in [-0.2, -0.15) is 8.78 Å². The zero-order valence-electron chi connectivity index (χ0n) is 17.1. The van der Waals surface area contributed by atoms with E-state index in [0.717, 1.165) is 0 Å². The Morgan fingerprint density at radius 3 is 2.75 bits per heavy atom. The van der Waals surface area contributed by atoms with Crippen LogP contribution >= 0.6 is 0 Å². The van der Waals surface area contributed by atoms with Gasteiger partial charge in [0.15, 0.2) is 0 Å². The van der Waals surface area contributed by atoms with Crippen molar-refractivity contribution >= 4 is 26.8 Å². The predicted molar refractivity (Wildman–Crippen MR) is 113 cm³/mol. The lowest BCUT2D eigenvalue weighted by atomic mass is 10.1. The molecule has 8 nitrogen and oxygen atoms in total. The van der Waals surface area contributed by atoms with Gasteiger partial charge in [0, 0.05) is 24.3 Å². The Bertz CT molecular complexity index is 1220. The number of nitrogens with zero attached hydrogens (tertiary/aromatic N) is 2. The summed E-state index contributed by atoms with van der Waals surface area (Å²) in [6, 6.07) is 9.85. The molecule has 32 heavy (non-hydrogen) atoms. The Labute approximate surface area is 183 Å². The zero-order valence-corrected chi connectivity index (χ0v) is 17.9. The van der Waals surface area contributed by atoms with Crippen LogP contribution in [0.4, 0.5) is 8.78 Å². The Kier molecular flexibility index (Phi) is 6.22. The minimum atomic E-state index is -3.96. The van der Waals surface area contributed by atoms with E-state index in [1.54, 1.807) is 43.5 Å². The molecule has 3 aromatic rings. The number of amides is 1. The van der Waals surface area contributed by atoms with E-state index < -0.39 is 40.7 Å². The summed E-state index contributed by atoms with van der Waals surface area (Å²) in [6.07, 6.45) is 2.38. The third kappa shape index (κ3) is 4.36. The second-order valence-electron chi connectivity index (χ2n) is 7.53. The first-order valence-electron chi connectivity index (χ1n) is 10.0. The van der Waals surface area contributed by atoms with E-state index in [2.05, 4.69) is 20.4 Å². The van der Waals surface area contributed by atoms with E-state index in [-0.39, 0.29) is 17.9 Å². The second kappa shape index (κ2) is 8.93. The summed E-state index contributed by atoms with van der Waals surface area (Å²) in [5.41, 5.74) is 0.785. The van der Waals surface area contributed by atoms with Crippen LogP contribution in [-0.4, -0.2) is 48.6 Å². The monoisotopic (exact) mass is 464 g/mol. The molecule has 3 atom stereocenters. The molecule has 170 valence electrons. The molecule has 1 amide bonds. The van der Waals surface area contributed by atoms with Crippen molar-refractivity contribution in [2.75, 3.05) is 6.54 Å². The molecule has 4 rings (SSSR count). The standard InChI is InChI=1S/C21H22F2N4O4S/c1-13(26-20(28)17-10-15(12-25-17)31-21(22)23)19-9-14-11-24-8-7-18(14)27(19)32(29,30)16-5-3-2-4-6-16/h2-9,11,13,15,17,21,25H,10,12H2,1H3,(H,26,28)/t13?,15-,17+/m1/s1. The molecule has 1 fully saturated rings. The number of halogens is 2. The Morgan fingerprint density at radius 1 is 1.28 bits per heavy atom. The fourth-order valence-corrected chi connectivity index (χ4v) is 5.49. The summed E-state index contributed by atoms with van der Waals surface area (Å²) < 4.78 is 57.4. The largest absolute Gasteiger partial charge is 0.347 e.